The standard InChI is InChI=1S/C22H27N3O6/c1-13(26)29-19-17-11-14(30-21(27)15-7-5-9-23(15)2)12-18(25(17)4)20(19)31-22(28)16-8-6-10-24(16)3/h5-10,14,17-20H,11-12H2,1-4H3. The second-order valence-corrected chi connectivity index (χ2v) is 8.25. The van der Waals surface area contributed by atoms with Gasteiger partial charge in [0, 0.05) is 46.3 Å². The van der Waals surface area contributed by atoms with Crippen LogP contribution in [0.25, 0.3) is 0 Å². The maximum atomic E-state index is 12.8. The molecule has 9 heteroatoms. The highest BCUT2D eigenvalue weighted by Crippen LogP contribution is 2.40. The van der Waals surface area contributed by atoms with Crippen molar-refractivity contribution in [3.8, 4) is 0 Å². The molecule has 0 aromatic carbocycles. The van der Waals surface area contributed by atoms with Gasteiger partial charge in [-0.3, -0.25) is 9.69 Å². The summed E-state index contributed by atoms with van der Waals surface area (Å²) in [6, 6.07) is 6.47. The number of nitrogens with zero attached hydrogens (tertiary/aromatic N) is 3. The molecule has 5 unspecified atom stereocenters. The number of rotatable bonds is 5. The molecule has 2 fully saturated rings. The number of hydrogen-bond acceptors (Lipinski definition) is 7. The van der Waals surface area contributed by atoms with Crippen molar-refractivity contribution < 1.29 is 28.6 Å². The molecular formula is C22H27N3O6. The number of aryl methyl sites for hydroxylation is 2. The predicted octanol–water partition coefficient (Wildman–Crippen LogP) is 1.52. The van der Waals surface area contributed by atoms with Gasteiger partial charge in [0.2, 0.25) is 0 Å². The normalized spacial score (nSPS) is 27.7. The van der Waals surface area contributed by atoms with E-state index in [0.29, 0.717) is 24.2 Å². The molecule has 2 aliphatic rings. The number of ether oxygens (including phenoxy) is 3. The van der Waals surface area contributed by atoms with Crippen LogP contribution in [-0.2, 0) is 33.1 Å². The fraction of sp³-hybridized carbons (Fsp3) is 0.500. The van der Waals surface area contributed by atoms with E-state index in [1.807, 2.05) is 7.05 Å². The first-order valence-corrected chi connectivity index (χ1v) is 10.3. The summed E-state index contributed by atoms with van der Waals surface area (Å²) >= 11 is 0. The second kappa shape index (κ2) is 8.22. The molecule has 2 bridgehead atoms. The zero-order chi connectivity index (χ0) is 22.3. The lowest BCUT2D eigenvalue weighted by Crippen LogP contribution is -2.46. The van der Waals surface area contributed by atoms with Crippen LogP contribution in [0.15, 0.2) is 36.7 Å². The van der Waals surface area contributed by atoms with Gasteiger partial charge >= 0.3 is 17.9 Å². The summed E-state index contributed by atoms with van der Waals surface area (Å²) in [7, 11) is 5.46. The van der Waals surface area contributed by atoms with Gasteiger partial charge in [-0.05, 0) is 31.3 Å². The van der Waals surface area contributed by atoms with E-state index in [1.165, 1.54) is 6.92 Å². The van der Waals surface area contributed by atoms with Crippen molar-refractivity contribution in [2.45, 2.75) is 50.2 Å². The second-order valence-electron chi connectivity index (χ2n) is 8.25. The van der Waals surface area contributed by atoms with E-state index in [-0.39, 0.29) is 18.2 Å². The average molecular weight is 429 g/mol. The first-order chi connectivity index (χ1) is 14.8. The number of piperidine rings is 1. The van der Waals surface area contributed by atoms with E-state index < -0.39 is 30.1 Å². The molecule has 2 aromatic heterocycles. The summed E-state index contributed by atoms with van der Waals surface area (Å²) in [6.45, 7) is 1.34. The van der Waals surface area contributed by atoms with Crippen LogP contribution in [-0.4, -0.2) is 69.4 Å². The molecule has 0 N–H and O–H groups in total. The maximum absolute atomic E-state index is 12.8. The zero-order valence-corrected chi connectivity index (χ0v) is 18.1. The van der Waals surface area contributed by atoms with Crippen LogP contribution in [0.4, 0.5) is 0 Å². The summed E-state index contributed by atoms with van der Waals surface area (Å²) in [6.07, 6.45) is 2.86. The first kappa shape index (κ1) is 21.2. The largest absolute Gasteiger partial charge is 0.458 e. The van der Waals surface area contributed by atoms with Gasteiger partial charge in [-0.1, -0.05) is 0 Å². The van der Waals surface area contributed by atoms with Crippen LogP contribution in [0, 0.1) is 0 Å². The fourth-order valence-corrected chi connectivity index (χ4v) is 4.70. The lowest BCUT2D eigenvalue weighted by atomic mass is 10.00. The molecule has 0 spiro atoms. The Labute approximate surface area is 180 Å². The molecular weight excluding hydrogens is 402 g/mol. The zero-order valence-electron chi connectivity index (χ0n) is 18.1. The lowest BCUT2D eigenvalue weighted by molar-refractivity contribution is -0.152. The quantitative estimate of drug-likeness (QED) is 0.526. The Morgan fingerprint density at radius 3 is 1.74 bits per heavy atom. The van der Waals surface area contributed by atoms with E-state index >= 15 is 0 Å². The molecule has 2 aliphatic heterocycles. The highest BCUT2D eigenvalue weighted by Gasteiger charge is 2.56. The first-order valence-electron chi connectivity index (χ1n) is 10.3. The molecule has 0 amide bonds. The van der Waals surface area contributed by atoms with Crippen molar-refractivity contribution in [3.63, 3.8) is 0 Å². The summed E-state index contributed by atoms with van der Waals surface area (Å²) < 4.78 is 20.6. The topological polar surface area (TPSA) is 92.0 Å². The molecule has 9 nitrogen and oxygen atoms in total. The Bertz CT molecular complexity index is 995. The van der Waals surface area contributed by atoms with E-state index in [1.54, 1.807) is 59.9 Å². The molecule has 2 aromatic rings. The Hall–Kier alpha value is -3.07. The van der Waals surface area contributed by atoms with Crippen LogP contribution in [0.1, 0.15) is 40.7 Å². The Kier molecular flexibility index (Phi) is 5.62. The molecule has 2 saturated heterocycles. The van der Waals surface area contributed by atoms with Crippen LogP contribution < -0.4 is 0 Å². The SMILES string of the molecule is CC(=O)OC1C(OC(=O)c2cccn2C)C2CC(OC(=O)c3cccn3C)CC1N2C. The minimum Gasteiger partial charge on any atom is -0.458 e. The number of aromatic nitrogens is 2. The van der Waals surface area contributed by atoms with E-state index in [4.69, 9.17) is 14.2 Å². The Morgan fingerprint density at radius 1 is 0.806 bits per heavy atom. The van der Waals surface area contributed by atoms with Gasteiger partial charge in [-0.15, -0.1) is 0 Å². The van der Waals surface area contributed by atoms with Gasteiger partial charge in [-0.25, -0.2) is 9.59 Å². The predicted molar refractivity (Wildman–Crippen MR) is 109 cm³/mol. The van der Waals surface area contributed by atoms with Gasteiger partial charge in [0.05, 0.1) is 12.1 Å². The van der Waals surface area contributed by atoms with Crippen molar-refractivity contribution in [3.05, 3.63) is 48.0 Å². The van der Waals surface area contributed by atoms with Crippen molar-refractivity contribution in [2.24, 2.45) is 14.1 Å². The minimum absolute atomic E-state index is 0.222. The third kappa shape index (κ3) is 3.97. The van der Waals surface area contributed by atoms with Crippen LogP contribution in [0.3, 0.4) is 0 Å². The van der Waals surface area contributed by atoms with Gasteiger partial charge in [0.15, 0.2) is 12.2 Å². The Morgan fingerprint density at radius 2 is 1.29 bits per heavy atom. The van der Waals surface area contributed by atoms with Crippen molar-refractivity contribution in [1.29, 1.82) is 0 Å². The molecule has 0 saturated carbocycles. The van der Waals surface area contributed by atoms with Crippen LogP contribution in [0.2, 0.25) is 0 Å². The fourth-order valence-electron chi connectivity index (χ4n) is 4.70. The van der Waals surface area contributed by atoms with E-state index in [0.717, 1.165) is 0 Å². The number of carbonyl (C=O) groups is 3. The summed E-state index contributed by atoms with van der Waals surface area (Å²) in [5, 5.41) is 0. The molecule has 0 radical (unpaired) electrons. The highest BCUT2D eigenvalue weighted by atomic mass is 16.6. The third-order valence-electron chi connectivity index (χ3n) is 6.26. The average Bonchev–Trinajstić information content (AvgIpc) is 3.36. The number of hydrogen-bond donors (Lipinski definition) is 0. The molecule has 4 rings (SSSR count). The minimum atomic E-state index is -0.653. The number of carbonyl (C=O) groups excluding carboxylic acids is 3. The van der Waals surface area contributed by atoms with Gasteiger partial charge in [0.25, 0.3) is 0 Å². The van der Waals surface area contributed by atoms with Crippen molar-refractivity contribution >= 4 is 17.9 Å². The third-order valence-corrected chi connectivity index (χ3v) is 6.26. The van der Waals surface area contributed by atoms with E-state index in [9.17, 15) is 14.4 Å². The molecule has 0 aliphatic carbocycles. The van der Waals surface area contributed by atoms with Gasteiger partial charge < -0.3 is 23.3 Å². The smallest absolute Gasteiger partial charge is 0.355 e. The summed E-state index contributed by atoms with van der Waals surface area (Å²) in [5.41, 5.74) is 0.881. The van der Waals surface area contributed by atoms with Crippen LogP contribution >= 0.6 is 0 Å². The number of likely N-dealkylation sites (N-methyl/N-ethyl adjacent to an activating group) is 1. The Balaban J connectivity index is 1.53. The van der Waals surface area contributed by atoms with E-state index in [2.05, 4.69) is 4.90 Å². The monoisotopic (exact) mass is 429 g/mol. The van der Waals surface area contributed by atoms with Gasteiger partial charge in [-0.2, -0.15) is 0 Å². The molecule has 5 atom stereocenters. The highest BCUT2D eigenvalue weighted by molar-refractivity contribution is 5.88. The van der Waals surface area contributed by atoms with Crippen LogP contribution in [0.5, 0.6) is 0 Å². The van der Waals surface area contributed by atoms with Crippen molar-refractivity contribution in [1.82, 2.24) is 14.0 Å². The lowest BCUT2D eigenvalue weighted by Gasteiger charge is -2.36. The molecule has 166 valence electrons. The van der Waals surface area contributed by atoms with Gasteiger partial charge in [0.1, 0.15) is 17.5 Å². The summed E-state index contributed by atoms with van der Waals surface area (Å²) in [5.74, 6) is -1.32. The summed E-state index contributed by atoms with van der Waals surface area (Å²) in [4.78, 5) is 39.2. The molecule has 31 heavy (non-hydrogen) atoms. The van der Waals surface area contributed by atoms with Crippen molar-refractivity contribution in [2.75, 3.05) is 7.05 Å². The number of esters is 3. The molecule has 4 heterocycles. The maximum Gasteiger partial charge on any atom is 0.355 e. The number of fused-ring (bicyclic) bond motifs is 2.